The lowest BCUT2D eigenvalue weighted by Gasteiger charge is -2.19. The lowest BCUT2D eigenvalue weighted by molar-refractivity contribution is 0.383. The first-order valence-corrected chi connectivity index (χ1v) is 7.71. The van der Waals surface area contributed by atoms with Crippen LogP contribution in [-0.4, -0.2) is 22.0 Å². The maximum absolute atomic E-state index is 12.2. The Bertz CT molecular complexity index is 489. The molecule has 1 aromatic rings. The fourth-order valence-corrected chi connectivity index (χ4v) is 2.33. The summed E-state index contributed by atoms with van der Waals surface area (Å²) in [5, 5.41) is 0. The lowest BCUT2D eigenvalue weighted by Crippen LogP contribution is -2.23. The van der Waals surface area contributed by atoms with E-state index in [1.54, 1.807) is 7.11 Å². The molecule has 4 heteroatoms. The Balaban J connectivity index is 3.14. The van der Waals surface area contributed by atoms with Crippen LogP contribution < -0.4 is 0 Å². The molecule has 0 fully saturated rings. The predicted octanol–water partition coefficient (Wildman–Crippen LogP) is 3.85. The van der Waals surface area contributed by atoms with Crippen molar-refractivity contribution >= 4 is 16.9 Å². The van der Waals surface area contributed by atoms with Crippen LogP contribution in [-0.2, 0) is 15.7 Å². The van der Waals surface area contributed by atoms with Gasteiger partial charge in [-0.25, -0.2) is 4.21 Å². The van der Waals surface area contributed by atoms with Crippen LogP contribution >= 0.6 is 0 Å². The zero-order valence-electron chi connectivity index (χ0n) is 12.6. The van der Waals surface area contributed by atoms with E-state index in [9.17, 15) is 4.21 Å². The second kappa shape index (κ2) is 7.39. The van der Waals surface area contributed by atoms with Gasteiger partial charge in [-0.05, 0) is 32.8 Å². The second-order valence-electron chi connectivity index (χ2n) is 5.48. The monoisotopic (exact) mass is 293 g/mol. The Morgan fingerprint density at radius 1 is 1.40 bits per heavy atom. The molecule has 0 aliphatic rings. The first kappa shape index (κ1) is 16.6. The maximum Gasteiger partial charge on any atom is 0.205 e. The van der Waals surface area contributed by atoms with Crippen molar-refractivity contribution < 1.29 is 8.95 Å². The van der Waals surface area contributed by atoms with E-state index in [0.29, 0.717) is 12.3 Å². The van der Waals surface area contributed by atoms with Gasteiger partial charge in [0, 0.05) is 0 Å². The van der Waals surface area contributed by atoms with E-state index in [2.05, 4.69) is 11.0 Å². The first-order chi connectivity index (χ1) is 9.40. The number of hydrogen-bond acceptors (Lipinski definition) is 2. The van der Waals surface area contributed by atoms with Gasteiger partial charge in [-0.3, -0.25) is 0 Å². The minimum Gasteiger partial charge on any atom is -0.483 e. The molecular formula is C16H23NO2S. The quantitative estimate of drug-likeness (QED) is 0.470. The van der Waals surface area contributed by atoms with E-state index >= 15 is 0 Å². The Kier molecular flexibility index (Phi) is 6.14. The average Bonchev–Trinajstić information content (AvgIpc) is 2.42. The molecule has 110 valence electrons. The van der Waals surface area contributed by atoms with E-state index in [0.717, 1.165) is 5.56 Å². The molecule has 0 heterocycles. The second-order valence-corrected chi connectivity index (χ2v) is 7.39. The highest BCUT2D eigenvalue weighted by atomic mass is 32.2. The Morgan fingerprint density at radius 2 is 2.00 bits per heavy atom. The van der Waals surface area contributed by atoms with Crippen LogP contribution in [0.3, 0.4) is 0 Å². The van der Waals surface area contributed by atoms with Gasteiger partial charge in [0.05, 0.1) is 17.8 Å². The SMILES string of the molecule is C=CCC(/C(=N/[S@](=O)C(C)(C)C)OC)c1ccccc1. The number of benzene rings is 1. The van der Waals surface area contributed by atoms with Crippen molar-refractivity contribution in [1.82, 2.24) is 0 Å². The van der Waals surface area contributed by atoms with Crippen LogP contribution in [0.2, 0.25) is 0 Å². The van der Waals surface area contributed by atoms with Crippen molar-refractivity contribution in [3.05, 3.63) is 48.6 Å². The Hall–Kier alpha value is -1.42. The molecule has 1 unspecified atom stereocenters. The predicted molar refractivity (Wildman–Crippen MR) is 86.3 cm³/mol. The van der Waals surface area contributed by atoms with Gasteiger partial charge in [0.15, 0.2) is 0 Å². The van der Waals surface area contributed by atoms with Crippen molar-refractivity contribution in [2.24, 2.45) is 4.40 Å². The van der Waals surface area contributed by atoms with Crippen LogP contribution in [0.5, 0.6) is 0 Å². The summed E-state index contributed by atoms with van der Waals surface area (Å²) >= 11 is 0. The molecule has 20 heavy (non-hydrogen) atoms. The molecule has 0 saturated carbocycles. The topological polar surface area (TPSA) is 38.7 Å². The van der Waals surface area contributed by atoms with Crippen LogP contribution in [0, 0.1) is 0 Å². The molecule has 0 aliphatic heterocycles. The maximum atomic E-state index is 12.2. The first-order valence-electron chi connectivity index (χ1n) is 6.60. The molecule has 0 saturated heterocycles. The summed E-state index contributed by atoms with van der Waals surface area (Å²) < 4.78 is 21.5. The summed E-state index contributed by atoms with van der Waals surface area (Å²) in [6.45, 7) is 9.47. The third-order valence-electron chi connectivity index (χ3n) is 2.81. The number of ether oxygens (including phenoxy) is 1. The van der Waals surface area contributed by atoms with Crippen LogP contribution in [0.4, 0.5) is 0 Å². The van der Waals surface area contributed by atoms with Crippen molar-refractivity contribution in [2.45, 2.75) is 37.9 Å². The third kappa shape index (κ3) is 4.60. The van der Waals surface area contributed by atoms with Crippen LogP contribution in [0.1, 0.15) is 38.7 Å². The highest BCUT2D eigenvalue weighted by Crippen LogP contribution is 2.24. The van der Waals surface area contributed by atoms with Gasteiger partial charge in [0.2, 0.25) is 5.90 Å². The number of rotatable bonds is 5. The minimum atomic E-state index is -1.34. The van der Waals surface area contributed by atoms with Crippen molar-refractivity contribution in [3.8, 4) is 0 Å². The van der Waals surface area contributed by atoms with Gasteiger partial charge in [-0.1, -0.05) is 36.4 Å². The largest absolute Gasteiger partial charge is 0.483 e. The van der Waals surface area contributed by atoms with E-state index in [1.807, 2.05) is 57.2 Å². The van der Waals surface area contributed by atoms with Crippen LogP contribution in [0.15, 0.2) is 47.4 Å². The molecule has 0 aromatic heterocycles. The van der Waals surface area contributed by atoms with Crippen molar-refractivity contribution in [1.29, 1.82) is 0 Å². The molecule has 0 amide bonds. The molecule has 2 atom stereocenters. The normalized spacial score (nSPS) is 15.5. The number of methoxy groups -OCH3 is 1. The van der Waals surface area contributed by atoms with E-state index in [1.165, 1.54) is 0 Å². The Morgan fingerprint density at radius 3 is 2.45 bits per heavy atom. The minimum absolute atomic E-state index is 0.0509. The van der Waals surface area contributed by atoms with E-state index in [4.69, 9.17) is 4.74 Å². The number of allylic oxidation sites excluding steroid dienone is 1. The molecule has 0 bridgehead atoms. The fourth-order valence-electron chi connectivity index (χ4n) is 1.69. The Labute approximate surface area is 124 Å². The zero-order chi connectivity index (χ0) is 15.2. The van der Waals surface area contributed by atoms with Gasteiger partial charge in [0.1, 0.15) is 11.0 Å². The summed E-state index contributed by atoms with van der Waals surface area (Å²) in [7, 11) is 0.231. The van der Waals surface area contributed by atoms with Gasteiger partial charge in [-0.2, -0.15) is 4.40 Å². The summed E-state index contributed by atoms with van der Waals surface area (Å²) in [6, 6.07) is 9.94. The highest BCUT2D eigenvalue weighted by molar-refractivity contribution is 7.85. The summed E-state index contributed by atoms with van der Waals surface area (Å²) in [5.41, 5.74) is 1.08. The molecule has 1 aromatic carbocycles. The number of hydrogen-bond donors (Lipinski definition) is 0. The third-order valence-corrected chi connectivity index (χ3v) is 4.20. The molecule has 0 spiro atoms. The summed E-state index contributed by atoms with van der Waals surface area (Å²) in [6.07, 6.45) is 2.52. The average molecular weight is 293 g/mol. The van der Waals surface area contributed by atoms with E-state index < -0.39 is 15.7 Å². The molecular weight excluding hydrogens is 270 g/mol. The van der Waals surface area contributed by atoms with Gasteiger partial charge in [-0.15, -0.1) is 6.58 Å². The van der Waals surface area contributed by atoms with Gasteiger partial charge >= 0.3 is 0 Å². The summed E-state index contributed by atoms with van der Waals surface area (Å²) in [5.74, 6) is 0.439. The van der Waals surface area contributed by atoms with Gasteiger partial charge in [0.25, 0.3) is 0 Å². The highest BCUT2D eigenvalue weighted by Gasteiger charge is 2.24. The smallest absolute Gasteiger partial charge is 0.205 e. The summed E-state index contributed by atoms with van der Waals surface area (Å²) in [4.78, 5) is 0. The van der Waals surface area contributed by atoms with Gasteiger partial charge < -0.3 is 4.74 Å². The standard InChI is InChI=1S/C16H23NO2S/c1-6-10-14(13-11-8-7-9-12-13)15(19-5)17-20(18)16(2,3)4/h6-9,11-12,14H,1,10H2,2-5H3/b17-15-/t14?,20-/m1/s1. The van der Waals surface area contributed by atoms with Crippen LogP contribution in [0.25, 0.3) is 0 Å². The fraction of sp³-hybridized carbons (Fsp3) is 0.438. The van der Waals surface area contributed by atoms with Crippen molar-refractivity contribution in [2.75, 3.05) is 7.11 Å². The molecule has 0 aliphatic carbocycles. The van der Waals surface area contributed by atoms with E-state index in [-0.39, 0.29) is 5.92 Å². The molecule has 1 rings (SSSR count). The lowest BCUT2D eigenvalue weighted by atomic mass is 9.95. The van der Waals surface area contributed by atoms with Crippen molar-refractivity contribution in [3.63, 3.8) is 0 Å². The molecule has 3 nitrogen and oxygen atoms in total. The molecule has 0 N–H and O–H groups in total. The zero-order valence-corrected chi connectivity index (χ0v) is 13.4. The molecule has 0 radical (unpaired) electrons. The number of nitrogens with zero attached hydrogens (tertiary/aromatic N) is 1.